The molecule has 1 aromatic carbocycles. The molecule has 0 bridgehead atoms. The molecule has 1 atom stereocenters. The molecule has 2 amide bonds. The molecule has 1 fully saturated rings. The second kappa shape index (κ2) is 10.2. The van der Waals surface area contributed by atoms with Gasteiger partial charge in [0.25, 0.3) is 5.91 Å². The van der Waals surface area contributed by atoms with Crippen LogP contribution in [0.25, 0.3) is 0 Å². The summed E-state index contributed by atoms with van der Waals surface area (Å²) in [5, 5.41) is 2.91. The molecule has 1 saturated heterocycles. The van der Waals surface area contributed by atoms with Gasteiger partial charge in [0.2, 0.25) is 5.91 Å². The maximum absolute atomic E-state index is 12.4. The highest BCUT2D eigenvalue weighted by atomic mass is 16.5. The normalized spacial score (nSPS) is 18.1. The van der Waals surface area contributed by atoms with Crippen molar-refractivity contribution in [1.82, 2.24) is 10.2 Å². The lowest BCUT2D eigenvalue weighted by molar-refractivity contribution is -0.144. The van der Waals surface area contributed by atoms with Gasteiger partial charge in [-0.2, -0.15) is 0 Å². The zero-order chi connectivity index (χ0) is 18.1. The van der Waals surface area contributed by atoms with Crippen molar-refractivity contribution in [3.8, 4) is 0 Å². The number of hydrogen-bond acceptors (Lipinski definition) is 4. The Morgan fingerprint density at radius 3 is 2.76 bits per heavy atom. The van der Waals surface area contributed by atoms with E-state index in [-0.39, 0.29) is 18.4 Å². The molecule has 138 valence electrons. The molecular weight excluding hydrogens is 320 g/mol. The Labute approximate surface area is 149 Å². The Kier molecular flexibility index (Phi) is 7.88. The van der Waals surface area contributed by atoms with E-state index in [2.05, 4.69) is 5.32 Å². The molecule has 1 unspecified atom stereocenters. The number of carbonyl (C=O) groups is 2. The predicted octanol–water partition coefficient (Wildman–Crippen LogP) is 1.87. The second-order valence-electron chi connectivity index (χ2n) is 6.16. The summed E-state index contributed by atoms with van der Waals surface area (Å²) in [6.45, 7) is 4.24. The summed E-state index contributed by atoms with van der Waals surface area (Å²) in [4.78, 5) is 26.2. The zero-order valence-electron chi connectivity index (χ0n) is 15.1. The largest absolute Gasteiger partial charge is 0.377 e. The van der Waals surface area contributed by atoms with Gasteiger partial charge in [0.1, 0.15) is 6.10 Å². The van der Waals surface area contributed by atoms with Crippen LogP contribution in [0.3, 0.4) is 0 Å². The molecule has 0 aromatic heterocycles. The second-order valence-corrected chi connectivity index (χ2v) is 6.16. The standard InChI is InChI=1S/C19H28N2O4/c1-3-25-14-16-9-5-4-8-15(16)12-20-18(22)13-21-11-7-6-10-17(24-2)19(21)23/h4-5,8-9,17H,3,6-7,10-14H2,1-2H3,(H,20,22). The van der Waals surface area contributed by atoms with Gasteiger partial charge < -0.3 is 19.7 Å². The van der Waals surface area contributed by atoms with Crippen molar-refractivity contribution in [2.75, 3.05) is 26.8 Å². The predicted molar refractivity (Wildman–Crippen MR) is 94.8 cm³/mol. The quantitative estimate of drug-likeness (QED) is 0.779. The molecule has 1 aliphatic rings. The third kappa shape index (κ3) is 5.83. The molecule has 1 aromatic rings. The highest BCUT2D eigenvalue weighted by Crippen LogP contribution is 2.14. The van der Waals surface area contributed by atoms with E-state index >= 15 is 0 Å². The van der Waals surface area contributed by atoms with Gasteiger partial charge in [0.15, 0.2) is 0 Å². The number of amides is 2. The molecular formula is C19H28N2O4. The number of carbonyl (C=O) groups excluding carboxylic acids is 2. The van der Waals surface area contributed by atoms with E-state index in [1.54, 1.807) is 12.0 Å². The monoisotopic (exact) mass is 348 g/mol. The van der Waals surface area contributed by atoms with Crippen molar-refractivity contribution in [3.63, 3.8) is 0 Å². The lowest BCUT2D eigenvalue weighted by Crippen LogP contribution is -2.44. The van der Waals surface area contributed by atoms with Crippen molar-refractivity contribution >= 4 is 11.8 Å². The van der Waals surface area contributed by atoms with E-state index in [9.17, 15) is 9.59 Å². The van der Waals surface area contributed by atoms with E-state index < -0.39 is 6.10 Å². The van der Waals surface area contributed by atoms with Crippen LogP contribution in [-0.2, 0) is 32.2 Å². The van der Waals surface area contributed by atoms with Crippen LogP contribution in [0.5, 0.6) is 0 Å². The van der Waals surface area contributed by atoms with Crippen LogP contribution in [0.2, 0.25) is 0 Å². The number of hydrogen-bond donors (Lipinski definition) is 1. The van der Waals surface area contributed by atoms with E-state index in [1.165, 1.54) is 0 Å². The molecule has 0 radical (unpaired) electrons. The summed E-state index contributed by atoms with van der Waals surface area (Å²) < 4.78 is 10.7. The molecule has 0 aliphatic carbocycles. The van der Waals surface area contributed by atoms with E-state index in [0.29, 0.717) is 26.3 Å². The minimum atomic E-state index is -0.429. The van der Waals surface area contributed by atoms with Crippen molar-refractivity contribution < 1.29 is 19.1 Å². The maximum Gasteiger partial charge on any atom is 0.252 e. The SMILES string of the molecule is CCOCc1ccccc1CNC(=O)CN1CCCCC(OC)C1=O. The fourth-order valence-electron chi connectivity index (χ4n) is 2.95. The topological polar surface area (TPSA) is 67.9 Å². The van der Waals surface area contributed by atoms with Crippen LogP contribution in [0, 0.1) is 0 Å². The lowest BCUT2D eigenvalue weighted by atomic mass is 10.1. The van der Waals surface area contributed by atoms with Gasteiger partial charge >= 0.3 is 0 Å². The first-order valence-electron chi connectivity index (χ1n) is 8.88. The van der Waals surface area contributed by atoms with Crippen molar-refractivity contribution in [2.24, 2.45) is 0 Å². The summed E-state index contributed by atoms with van der Waals surface area (Å²) >= 11 is 0. The smallest absolute Gasteiger partial charge is 0.252 e. The van der Waals surface area contributed by atoms with E-state index in [4.69, 9.17) is 9.47 Å². The van der Waals surface area contributed by atoms with Gasteiger partial charge in [-0.3, -0.25) is 9.59 Å². The minimum Gasteiger partial charge on any atom is -0.377 e. The highest BCUT2D eigenvalue weighted by Gasteiger charge is 2.27. The average Bonchev–Trinajstić information content (AvgIpc) is 2.80. The molecule has 6 heteroatoms. The van der Waals surface area contributed by atoms with Crippen LogP contribution in [0.4, 0.5) is 0 Å². The first-order valence-corrected chi connectivity index (χ1v) is 8.88. The Morgan fingerprint density at radius 2 is 2.04 bits per heavy atom. The number of benzene rings is 1. The summed E-state index contributed by atoms with van der Waals surface area (Å²) in [6, 6.07) is 7.88. The molecule has 1 N–H and O–H groups in total. The molecule has 0 spiro atoms. The van der Waals surface area contributed by atoms with Crippen LogP contribution < -0.4 is 5.32 Å². The van der Waals surface area contributed by atoms with Crippen molar-refractivity contribution in [1.29, 1.82) is 0 Å². The van der Waals surface area contributed by atoms with Crippen LogP contribution >= 0.6 is 0 Å². The van der Waals surface area contributed by atoms with Gasteiger partial charge in [-0.1, -0.05) is 24.3 Å². The third-order valence-corrected chi connectivity index (χ3v) is 4.41. The number of nitrogens with one attached hydrogen (secondary N) is 1. The van der Waals surface area contributed by atoms with Crippen LogP contribution in [0.15, 0.2) is 24.3 Å². The lowest BCUT2D eigenvalue weighted by Gasteiger charge is -2.23. The average molecular weight is 348 g/mol. The van der Waals surface area contributed by atoms with Crippen LogP contribution in [0.1, 0.15) is 37.3 Å². The van der Waals surface area contributed by atoms with Crippen molar-refractivity contribution in [3.05, 3.63) is 35.4 Å². The fraction of sp³-hybridized carbons (Fsp3) is 0.579. The Balaban J connectivity index is 1.89. The first kappa shape index (κ1) is 19.4. The Bertz CT molecular complexity index is 576. The summed E-state index contributed by atoms with van der Waals surface area (Å²) in [5.74, 6) is -0.247. The number of nitrogens with zero attached hydrogens (tertiary/aromatic N) is 1. The van der Waals surface area contributed by atoms with Crippen molar-refractivity contribution in [2.45, 2.75) is 45.4 Å². The molecule has 1 aliphatic heterocycles. The minimum absolute atomic E-state index is 0.0757. The summed E-state index contributed by atoms with van der Waals surface area (Å²) in [6.07, 6.45) is 2.13. The maximum atomic E-state index is 12.4. The molecule has 1 heterocycles. The van der Waals surface area contributed by atoms with E-state index in [1.807, 2.05) is 31.2 Å². The number of ether oxygens (including phenoxy) is 2. The summed E-state index contributed by atoms with van der Waals surface area (Å²) in [5.41, 5.74) is 2.09. The fourth-order valence-corrected chi connectivity index (χ4v) is 2.95. The molecule has 25 heavy (non-hydrogen) atoms. The summed E-state index contributed by atoms with van der Waals surface area (Å²) in [7, 11) is 1.54. The highest BCUT2D eigenvalue weighted by molar-refractivity contribution is 5.87. The first-order chi connectivity index (χ1) is 12.2. The van der Waals surface area contributed by atoms with Gasteiger partial charge in [0.05, 0.1) is 13.2 Å². The zero-order valence-corrected chi connectivity index (χ0v) is 15.1. The van der Waals surface area contributed by atoms with Gasteiger partial charge in [0, 0.05) is 26.8 Å². The van der Waals surface area contributed by atoms with Crippen LogP contribution in [-0.4, -0.2) is 49.6 Å². The van der Waals surface area contributed by atoms with Gasteiger partial charge in [-0.15, -0.1) is 0 Å². The van der Waals surface area contributed by atoms with Gasteiger partial charge in [-0.25, -0.2) is 0 Å². The molecule has 0 saturated carbocycles. The number of methoxy groups -OCH3 is 1. The third-order valence-electron chi connectivity index (χ3n) is 4.41. The molecule has 2 rings (SSSR count). The molecule has 6 nitrogen and oxygen atoms in total. The number of rotatable bonds is 8. The Hall–Kier alpha value is -1.92. The van der Waals surface area contributed by atoms with Gasteiger partial charge in [-0.05, 0) is 37.3 Å². The van der Waals surface area contributed by atoms with E-state index in [0.717, 1.165) is 30.4 Å². The Morgan fingerprint density at radius 1 is 1.28 bits per heavy atom. The number of likely N-dealkylation sites (tertiary alicyclic amines) is 1.